The molecule has 2 aliphatic heterocycles. The molecule has 0 unspecified atom stereocenters. The zero-order chi connectivity index (χ0) is 19.3. The number of aliphatic hydroxyl groups excluding tert-OH is 1. The number of hydrogen-bond donors (Lipinski definition) is 1. The van der Waals surface area contributed by atoms with Gasteiger partial charge in [-0.05, 0) is 37.0 Å². The topological polar surface area (TPSA) is 102 Å². The number of amides is 2. The molecule has 8 nitrogen and oxygen atoms in total. The van der Waals surface area contributed by atoms with Gasteiger partial charge in [-0.1, -0.05) is 13.8 Å². The molecule has 2 aliphatic rings. The van der Waals surface area contributed by atoms with Gasteiger partial charge in [0.2, 0.25) is 0 Å². The van der Waals surface area contributed by atoms with Crippen LogP contribution in [-0.4, -0.2) is 66.4 Å². The van der Waals surface area contributed by atoms with Crippen LogP contribution in [0.15, 0.2) is 24.0 Å². The van der Waals surface area contributed by atoms with E-state index in [9.17, 15) is 14.4 Å². The zero-order valence-electron chi connectivity index (χ0n) is 15.2. The molecular formula is C18H25NO7. The van der Waals surface area contributed by atoms with Gasteiger partial charge < -0.3 is 19.3 Å². The summed E-state index contributed by atoms with van der Waals surface area (Å²) in [7, 11) is 1.29. The summed E-state index contributed by atoms with van der Waals surface area (Å²) in [6, 6.07) is -0.415. The number of allylic oxidation sites excluding steroid dienone is 2. The summed E-state index contributed by atoms with van der Waals surface area (Å²) in [5.41, 5.74) is 0. The van der Waals surface area contributed by atoms with Crippen molar-refractivity contribution in [1.29, 1.82) is 0 Å². The molecule has 0 spiro atoms. The van der Waals surface area contributed by atoms with Crippen molar-refractivity contribution in [2.24, 2.45) is 5.92 Å². The van der Waals surface area contributed by atoms with Gasteiger partial charge in [0.1, 0.15) is 12.4 Å². The van der Waals surface area contributed by atoms with Crippen molar-refractivity contribution in [3.63, 3.8) is 0 Å². The number of cyclic esters (lactones) is 1. The molecule has 1 saturated heterocycles. The lowest BCUT2D eigenvalue weighted by atomic mass is 10.0. The molecule has 26 heavy (non-hydrogen) atoms. The fraction of sp³-hybridized carbons (Fsp3) is 0.611. The van der Waals surface area contributed by atoms with E-state index in [-0.39, 0.29) is 19.1 Å². The van der Waals surface area contributed by atoms with Gasteiger partial charge in [-0.25, -0.2) is 9.69 Å². The fourth-order valence-corrected chi connectivity index (χ4v) is 2.84. The summed E-state index contributed by atoms with van der Waals surface area (Å²) in [4.78, 5) is 38.2. The number of nitrogens with zero attached hydrogens (tertiary/aromatic N) is 1. The summed E-state index contributed by atoms with van der Waals surface area (Å²) in [5, 5.41) is 8.85. The van der Waals surface area contributed by atoms with Gasteiger partial charge in [0.15, 0.2) is 18.0 Å². The maximum atomic E-state index is 12.9. The minimum absolute atomic E-state index is 0.000263. The van der Waals surface area contributed by atoms with Crippen LogP contribution in [0.5, 0.6) is 0 Å². The van der Waals surface area contributed by atoms with Crippen molar-refractivity contribution in [2.75, 3.05) is 20.3 Å². The molecule has 144 valence electrons. The van der Waals surface area contributed by atoms with E-state index in [4.69, 9.17) is 19.3 Å². The van der Waals surface area contributed by atoms with Crippen LogP contribution >= 0.6 is 0 Å². The second-order valence-corrected chi connectivity index (χ2v) is 6.50. The first-order valence-corrected chi connectivity index (χ1v) is 8.63. The van der Waals surface area contributed by atoms with Crippen molar-refractivity contribution in [1.82, 2.24) is 4.90 Å². The molecule has 0 aromatic carbocycles. The van der Waals surface area contributed by atoms with Crippen LogP contribution in [-0.2, 0) is 23.8 Å². The summed E-state index contributed by atoms with van der Waals surface area (Å²) in [5.74, 6) is -0.655. The van der Waals surface area contributed by atoms with E-state index in [2.05, 4.69) is 0 Å². The molecule has 2 amide bonds. The number of imide groups is 1. The summed E-state index contributed by atoms with van der Waals surface area (Å²) < 4.78 is 15.9. The molecule has 1 fully saturated rings. The third-order valence-electron chi connectivity index (χ3n) is 4.35. The Kier molecular flexibility index (Phi) is 6.93. The maximum absolute atomic E-state index is 12.9. The maximum Gasteiger partial charge on any atom is 0.417 e. The number of aliphatic hydroxyl groups is 1. The van der Waals surface area contributed by atoms with Crippen LogP contribution in [0.25, 0.3) is 0 Å². The Bertz CT molecular complexity index is 611. The van der Waals surface area contributed by atoms with Crippen molar-refractivity contribution in [3.8, 4) is 0 Å². The average Bonchev–Trinajstić information content (AvgIpc) is 3.00. The largest absolute Gasteiger partial charge is 0.479 e. The van der Waals surface area contributed by atoms with Crippen LogP contribution in [0.2, 0.25) is 0 Å². The Morgan fingerprint density at radius 1 is 1.42 bits per heavy atom. The van der Waals surface area contributed by atoms with Crippen molar-refractivity contribution in [2.45, 2.75) is 44.9 Å². The van der Waals surface area contributed by atoms with E-state index >= 15 is 0 Å². The normalized spacial score (nSPS) is 25.6. The van der Waals surface area contributed by atoms with E-state index in [0.717, 1.165) is 4.90 Å². The van der Waals surface area contributed by atoms with E-state index in [0.29, 0.717) is 18.6 Å². The molecule has 0 aliphatic carbocycles. The molecule has 0 radical (unpaired) electrons. The summed E-state index contributed by atoms with van der Waals surface area (Å²) in [6.07, 6.45) is 2.49. The molecule has 0 bridgehead atoms. The van der Waals surface area contributed by atoms with Gasteiger partial charge in [0.25, 0.3) is 5.91 Å². The SMILES string of the molecule is CO[C@H](C(=O)N1C(=O)OC[C@@H]1C(C)C)[C@H]1OC(=CCCCO)C=CC1=O. The number of ketones is 1. The molecule has 8 heteroatoms. The predicted octanol–water partition coefficient (Wildman–Crippen LogP) is 1.19. The van der Waals surface area contributed by atoms with Crippen molar-refractivity contribution >= 4 is 17.8 Å². The standard InChI is InChI=1S/C18H25NO7/c1-11(2)13-10-25-18(23)19(13)17(22)16(24-3)15-14(21)8-7-12(26-15)6-4-5-9-20/h6-8,11,13,15-16,20H,4-5,9-10H2,1-3H3/t13-,15+,16+/m1/s1. The lowest BCUT2D eigenvalue weighted by molar-refractivity contribution is -0.154. The molecule has 2 heterocycles. The highest BCUT2D eigenvalue weighted by Gasteiger charge is 2.46. The summed E-state index contributed by atoms with van der Waals surface area (Å²) >= 11 is 0. The Labute approximate surface area is 152 Å². The lowest BCUT2D eigenvalue weighted by Gasteiger charge is -2.31. The minimum Gasteiger partial charge on any atom is -0.479 e. The van der Waals surface area contributed by atoms with Crippen molar-refractivity contribution in [3.05, 3.63) is 24.0 Å². The van der Waals surface area contributed by atoms with E-state index in [1.807, 2.05) is 13.8 Å². The Hall–Kier alpha value is -2.19. The molecule has 0 aromatic heterocycles. The Morgan fingerprint density at radius 2 is 2.15 bits per heavy atom. The third kappa shape index (κ3) is 4.31. The number of carbonyl (C=O) groups is 3. The van der Waals surface area contributed by atoms with E-state index < -0.39 is 36.0 Å². The number of rotatable bonds is 7. The molecule has 1 N–H and O–H groups in total. The number of carbonyl (C=O) groups excluding carboxylic acids is 3. The van der Waals surface area contributed by atoms with Crippen LogP contribution in [0.4, 0.5) is 4.79 Å². The second kappa shape index (κ2) is 8.95. The Morgan fingerprint density at radius 3 is 2.77 bits per heavy atom. The van der Waals surface area contributed by atoms with Gasteiger partial charge in [0.05, 0.1) is 6.04 Å². The molecule has 0 aromatic rings. The number of unbranched alkanes of at least 4 members (excludes halogenated alkanes) is 1. The second-order valence-electron chi connectivity index (χ2n) is 6.50. The highest BCUT2D eigenvalue weighted by Crippen LogP contribution is 2.25. The summed E-state index contributed by atoms with van der Waals surface area (Å²) in [6.45, 7) is 3.91. The molecule has 0 saturated carbocycles. The Balaban J connectivity index is 2.19. The highest BCUT2D eigenvalue weighted by atomic mass is 16.6. The molecule has 3 atom stereocenters. The lowest BCUT2D eigenvalue weighted by Crippen LogP contribution is -2.53. The van der Waals surface area contributed by atoms with Crippen LogP contribution in [0, 0.1) is 5.92 Å². The number of hydrogen-bond acceptors (Lipinski definition) is 7. The van der Waals surface area contributed by atoms with Gasteiger partial charge in [0, 0.05) is 13.7 Å². The third-order valence-corrected chi connectivity index (χ3v) is 4.35. The van der Waals surface area contributed by atoms with Gasteiger partial charge in [-0.15, -0.1) is 0 Å². The van der Waals surface area contributed by atoms with Crippen LogP contribution in [0.1, 0.15) is 26.7 Å². The average molecular weight is 367 g/mol. The smallest absolute Gasteiger partial charge is 0.417 e. The van der Waals surface area contributed by atoms with Crippen LogP contribution in [0.3, 0.4) is 0 Å². The molecule has 2 rings (SSSR count). The fourth-order valence-electron chi connectivity index (χ4n) is 2.84. The first-order valence-electron chi connectivity index (χ1n) is 8.63. The van der Waals surface area contributed by atoms with E-state index in [1.54, 1.807) is 6.08 Å². The first-order chi connectivity index (χ1) is 12.4. The first kappa shape index (κ1) is 20.1. The van der Waals surface area contributed by atoms with Gasteiger partial charge in [-0.2, -0.15) is 0 Å². The van der Waals surface area contributed by atoms with Gasteiger partial charge in [-0.3, -0.25) is 9.59 Å². The monoisotopic (exact) mass is 367 g/mol. The number of ether oxygens (including phenoxy) is 3. The van der Waals surface area contributed by atoms with E-state index in [1.165, 1.54) is 19.3 Å². The van der Waals surface area contributed by atoms with Gasteiger partial charge >= 0.3 is 6.09 Å². The predicted molar refractivity (Wildman–Crippen MR) is 91.0 cm³/mol. The zero-order valence-corrected chi connectivity index (χ0v) is 15.2. The highest BCUT2D eigenvalue weighted by molar-refractivity contribution is 6.03. The number of methoxy groups -OCH3 is 1. The van der Waals surface area contributed by atoms with Crippen LogP contribution < -0.4 is 0 Å². The minimum atomic E-state index is -1.26. The quantitative estimate of drug-likeness (QED) is 0.674. The molecular weight excluding hydrogens is 342 g/mol. The van der Waals surface area contributed by atoms with Crippen molar-refractivity contribution < 1.29 is 33.7 Å².